The van der Waals surface area contributed by atoms with Gasteiger partial charge in [-0.15, -0.1) is 10.2 Å². The van der Waals surface area contributed by atoms with Crippen molar-refractivity contribution in [2.45, 2.75) is 24.8 Å². The highest BCUT2D eigenvalue weighted by atomic mass is 32.2. The third kappa shape index (κ3) is 4.54. The SMILES string of the molecule is CCc1ccc(S(=O)(=O)Nc2ccc(NCc3ccncc3)nn2)cc1. The standard InChI is InChI=1S/C18H19N5O2S/c1-2-14-3-5-16(6-4-14)26(24,25)23-18-8-7-17(21-22-18)20-13-15-9-11-19-12-10-15/h3-12H,2,13H2,1H3,(H,20,21)(H,22,23). The largest absolute Gasteiger partial charge is 0.365 e. The van der Waals surface area contributed by atoms with Gasteiger partial charge < -0.3 is 5.32 Å². The smallest absolute Gasteiger partial charge is 0.263 e. The summed E-state index contributed by atoms with van der Waals surface area (Å²) in [4.78, 5) is 4.15. The molecule has 8 heteroatoms. The number of aromatic nitrogens is 3. The van der Waals surface area contributed by atoms with Crippen LogP contribution in [0.4, 0.5) is 11.6 Å². The molecule has 3 rings (SSSR count). The zero-order valence-corrected chi connectivity index (χ0v) is 15.1. The Bertz CT molecular complexity index is 943. The van der Waals surface area contributed by atoms with Crippen LogP contribution in [0.3, 0.4) is 0 Å². The summed E-state index contributed by atoms with van der Waals surface area (Å²) in [6, 6.07) is 13.8. The first-order valence-electron chi connectivity index (χ1n) is 8.15. The van der Waals surface area contributed by atoms with Crippen molar-refractivity contribution in [2.24, 2.45) is 0 Å². The van der Waals surface area contributed by atoms with E-state index in [0.29, 0.717) is 12.4 Å². The molecule has 0 fully saturated rings. The number of nitrogens with zero attached hydrogens (tertiary/aromatic N) is 3. The number of aryl methyl sites for hydroxylation is 1. The van der Waals surface area contributed by atoms with Crippen LogP contribution in [-0.2, 0) is 23.0 Å². The maximum Gasteiger partial charge on any atom is 0.263 e. The first-order chi connectivity index (χ1) is 12.6. The lowest BCUT2D eigenvalue weighted by Gasteiger charge is -2.09. The van der Waals surface area contributed by atoms with E-state index in [-0.39, 0.29) is 10.7 Å². The van der Waals surface area contributed by atoms with Crippen molar-refractivity contribution < 1.29 is 8.42 Å². The van der Waals surface area contributed by atoms with Crippen molar-refractivity contribution in [3.8, 4) is 0 Å². The second kappa shape index (κ2) is 7.92. The van der Waals surface area contributed by atoms with Gasteiger partial charge in [0.05, 0.1) is 4.90 Å². The van der Waals surface area contributed by atoms with Gasteiger partial charge in [-0.1, -0.05) is 19.1 Å². The van der Waals surface area contributed by atoms with Gasteiger partial charge in [-0.05, 0) is 53.9 Å². The Balaban J connectivity index is 1.64. The molecular formula is C18H19N5O2S. The summed E-state index contributed by atoms with van der Waals surface area (Å²) in [5, 5.41) is 11.0. The second-order valence-corrected chi connectivity index (χ2v) is 7.30. The van der Waals surface area contributed by atoms with E-state index in [1.165, 1.54) is 0 Å². The Morgan fingerprint density at radius 3 is 2.12 bits per heavy atom. The van der Waals surface area contributed by atoms with Gasteiger partial charge in [0.1, 0.15) is 5.82 Å². The first kappa shape index (κ1) is 17.8. The normalized spacial score (nSPS) is 11.1. The third-order valence-corrected chi connectivity index (χ3v) is 5.14. The van der Waals surface area contributed by atoms with Crippen LogP contribution < -0.4 is 10.0 Å². The number of hydrogen-bond donors (Lipinski definition) is 2. The molecule has 0 amide bonds. The molecule has 0 spiro atoms. The van der Waals surface area contributed by atoms with E-state index in [9.17, 15) is 8.42 Å². The molecule has 1 aromatic carbocycles. The van der Waals surface area contributed by atoms with Crippen LogP contribution >= 0.6 is 0 Å². The molecule has 3 aromatic rings. The Kier molecular flexibility index (Phi) is 5.43. The van der Waals surface area contributed by atoms with Gasteiger partial charge in [0.2, 0.25) is 0 Å². The van der Waals surface area contributed by atoms with Crippen molar-refractivity contribution >= 4 is 21.7 Å². The molecule has 0 aliphatic rings. The van der Waals surface area contributed by atoms with Gasteiger partial charge in [0.15, 0.2) is 5.82 Å². The van der Waals surface area contributed by atoms with E-state index in [1.54, 1.807) is 48.8 Å². The number of sulfonamides is 1. The summed E-state index contributed by atoms with van der Waals surface area (Å²) < 4.78 is 27.2. The molecule has 2 N–H and O–H groups in total. The first-order valence-corrected chi connectivity index (χ1v) is 9.63. The van der Waals surface area contributed by atoms with Crippen molar-refractivity contribution in [3.05, 3.63) is 72.1 Å². The number of benzene rings is 1. The molecule has 0 saturated heterocycles. The lowest BCUT2D eigenvalue weighted by molar-refractivity contribution is 0.601. The molecule has 0 saturated carbocycles. The molecule has 0 aliphatic heterocycles. The van der Waals surface area contributed by atoms with Crippen LogP contribution in [0, 0.1) is 0 Å². The predicted molar refractivity (Wildman–Crippen MR) is 100 cm³/mol. The Morgan fingerprint density at radius 2 is 1.50 bits per heavy atom. The zero-order chi connectivity index (χ0) is 18.4. The Morgan fingerprint density at radius 1 is 0.846 bits per heavy atom. The Hall–Kier alpha value is -3.00. The number of nitrogens with one attached hydrogen (secondary N) is 2. The summed E-state index contributed by atoms with van der Waals surface area (Å²) >= 11 is 0. The molecule has 0 unspecified atom stereocenters. The molecule has 0 atom stereocenters. The molecule has 2 aromatic heterocycles. The average Bonchev–Trinajstić information content (AvgIpc) is 2.68. The lowest BCUT2D eigenvalue weighted by Crippen LogP contribution is -2.14. The third-order valence-electron chi connectivity index (χ3n) is 3.77. The van der Waals surface area contributed by atoms with Gasteiger partial charge in [-0.25, -0.2) is 8.42 Å². The van der Waals surface area contributed by atoms with Crippen LogP contribution in [0.15, 0.2) is 65.8 Å². The monoisotopic (exact) mass is 369 g/mol. The van der Waals surface area contributed by atoms with E-state index in [0.717, 1.165) is 17.5 Å². The van der Waals surface area contributed by atoms with Crippen molar-refractivity contribution in [2.75, 3.05) is 10.0 Å². The summed E-state index contributed by atoms with van der Waals surface area (Å²) in [5.41, 5.74) is 2.13. The van der Waals surface area contributed by atoms with Gasteiger partial charge in [0.25, 0.3) is 10.0 Å². The van der Waals surface area contributed by atoms with Crippen molar-refractivity contribution in [3.63, 3.8) is 0 Å². The van der Waals surface area contributed by atoms with Crippen molar-refractivity contribution in [1.82, 2.24) is 15.2 Å². The number of anilines is 2. The van der Waals surface area contributed by atoms with E-state index in [1.807, 2.05) is 19.1 Å². The van der Waals surface area contributed by atoms with Gasteiger partial charge >= 0.3 is 0 Å². The van der Waals surface area contributed by atoms with E-state index in [4.69, 9.17) is 0 Å². The van der Waals surface area contributed by atoms with Crippen LogP contribution in [0.1, 0.15) is 18.1 Å². The molecular weight excluding hydrogens is 350 g/mol. The molecule has 26 heavy (non-hydrogen) atoms. The molecule has 134 valence electrons. The maximum atomic E-state index is 12.4. The van der Waals surface area contributed by atoms with E-state index < -0.39 is 10.0 Å². The fourth-order valence-electron chi connectivity index (χ4n) is 2.28. The highest BCUT2D eigenvalue weighted by Gasteiger charge is 2.14. The summed E-state index contributed by atoms with van der Waals surface area (Å²) in [6.45, 7) is 2.59. The topological polar surface area (TPSA) is 96.9 Å². The minimum atomic E-state index is -3.69. The fraction of sp³-hybridized carbons (Fsp3) is 0.167. The molecule has 7 nitrogen and oxygen atoms in total. The zero-order valence-electron chi connectivity index (χ0n) is 14.3. The van der Waals surface area contributed by atoms with Crippen LogP contribution in [0.5, 0.6) is 0 Å². The summed E-state index contributed by atoms with van der Waals surface area (Å²) in [5.74, 6) is 0.719. The molecule has 0 radical (unpaired) electrons. The minimum absolute atomic E-state index is 0.166. The lowest BCUT2D eigenvalue weighted by atomic mass is 10.2. The second-order valence-electron chi connectivity index (χ2n) is 5.62. The number of pyridine rings is 1. The molecule has 2 heterocycles. The highest BCUT2D eigenvalue weighted by Crippen LogP contribution is 2.16. The average molecular weight is 369 g/mol. The van der Waals surface area contributed by atoms with Crippen molar-refractivity contribution in [1.29, 1.82) is 0 Å². The fourth-order valence-corrected chi connectivity index (χ4v) is 3.27. The van der Waals surface area contributed by atoms with E-state index >= 15 is 0 Å². The minimum Gasteiger partial charge on any atom is -0.365 e. The number of rotatable bonds is 7. The van der Waals surface area contributed by atoms with Gasteiger partial charge in [0, 0.05) is 18.9 Å². The van der Waals surface area contributed by atoms with Gasteiger partial charge in [-0.3, -0.25) is 9.71 Å². The summed E-state index contributed by atoms with van der Waals surface area (Å²) in [7, 11) is -3.69. The molecule has 0 aliphatic carbocycles. The van der Waals surface area contributed by atoms with E-state index in [2.05, 4.69) is 25.2 Å². The number of hydrogen-bond acceptors (Lipinski definition) is 6. The maximum absolute atomic E-state index is 12.4. The Labute approximate surface area is 152 Å². The summed E-state index contributed by atoms with van der Waals surface area (Å²) in [6.07, 6.45) is 4.29. The van der Waals surface area contributed by atoms with Crippen LogP contribution in [0.2, 0.25) is 0 Å². The van der Waals surface area contributed by atoms with Crippen LogP contribution in [0.25, 0.3) is 0 Å². The van der Waals surface area contributed by atoms with Crippen LogP contribution in [-0.4, -0.2) is 23.6 Å². The molecule has 0 bridgehead atoms. The quantitative estimate of drug-likeness (QED) is 0.665. The highest BCUT2D eigenvalue weighted by molar-refractivity contribution is 7.92. The van der Waals surface area contributed by atoms with Gasteiger partial charge in [-0.2, -0.15) is 0 Å². The predicted octanol–water partition coefficient (Wildman–Crippen LogP) is 2.85.